The van der Waals surface area contributed by atoms with Crippen molar-refractivity contribution in [2.75, 3.05) is 7.11 Å². The lowest BCUT2D eigenvalue weighted by Crippen LogP contribution is -2.18. The van der Waals surface area contributed by atoms with Gasteiger partial charge in [0.25, 0.3) is 0 Å². The number of allylic oxidation sites excluding steroid dienone is 1. The Morgan fingerprint density at radius 2 is 1.86 bits per heavy atom. The monoisotopic (exact) mass is 302 g/mol. The maximum Gasteiger partial charge on any atom is 0.312 e. The Bertz CT molecular complexity index is 477. The summed E-state index contributed by atoms with van der Waals surface area (Å²) in [5, 5.41) is 0. The number of ketones is 1. The second kappa shape index (κ2) is 10.8. The summed E-state index contributed by atoms with van der Waals surface area (Å²) in [7, 11) is 1.36. The van der Waals surface area contributed by atoms with Crippen LogP contribution >= 0.6 is 0 Å². The van der Waals surface area contributed by atoms with Crippen molar-refractivity contribution < 1.29 is 14.3 Å². The largest absolute Gasteiger partial charge is 0.469 e. The molecule has 3 heteroatoms. The summed E-state index contributed by atoms with van der Waals surface area (Å²) in [6, 6.07) is 9.05. The minimum atomic E-state index is -0.496. The van der Waals surface area contributed by atoms with E-state index in [4.69, 9.17) is 4.74 Å². The Balaban J connectivity index is 2.55. The molecule has 0 spiro atoms. The van der Waals surface area contributed by atoms with E-state index < -0.39 is 5.92 Å². The number of hydrogen-bond acceptors (Lipinski definition) is 3. The molecule has 0 saturated heterocycles. The van der Waals surface area contributed by atoms with Crippen LogP contribution in [0.15, 0.2) is 42.5 Å². The van der Waals surface area contributed by atoms with Crippen LogP contribution in [0.4, 0.5) is 0 Å². The Kier molecular flexibility index (Phi) is 8.89. The highest BCUT2D eigenvalue weighted by Gasteiger charge is 2.20. The molecule has 0 N–H and O–H groups in total. The van der Waals surface area contributed by atoms with Crippen LogP contribution in [0.3, 0.4) is 0 Å². The zero-order valence-corrected chi connectivity index (χ0v) is 13.6. The van der Waals surface area contributed by atoms with Gasteiger partial charge in [0.15, 0.2) is 5.78 Å². The average molecular weight is 302 g/mol. The Hall–Kier alpha value is -1.90. The fraction of sp³-hybridized carbons (Fsp3) is 0.474. The van der Waals surface area contributed by atoms with Crippen molar-refractivity contribution in [3.05, 3.63) is 48.0 Å². The van der Waals surface area contributed by atoms with Crippen LogP contribution in [-0.2, 0) is 9.53 Å². The van der Waals surface area contributed by atoms with Crippen molar-refractivity contribution in [1.82, 2.24) is 0 Å². The zero-order chi connectivity index (χ0) is 16.2. The lowest BCUT2D eigenvalue weighted by Gasteiger charge is -2.10. The first-order valence-electron chi connectivity index (χ1n) is 8.01. The number of benzene rings is 1. The molecular formula is C19H26O3. The average Bonchev–Trinajstić information content (AvgIpc) is 2.56. The van der Waals surface area contributed by atoms with E-state index in [1.54, 1.807) is 12.1 Å². The molecule has 22 heavy (non-hydrogen) atoms. The number of carbonyl (C=O) groups is 2. The van der Waals surface area contributed by atoms with Gasteiger partial charge in [-0.05, 0) is 12.8 Å². The van der Waals surface area contributed by atoms with Gasteiger partial charge in [0.1, 0.15) is 0 Å². The van der Waals surface area contributed by atoms with Crippen LogP contribution in [0.5, 0.6) is 0 Å². The van der Waals surface area contributed by atoms with Crippen LogP contribution in [0.1, 0.15) is 55.8 Å². The van der Waals surface area contributed by atoms with E-state index in [2.05, 4.69) is 6.92 Å². The third-order valence-corrected chi connectivity index (χ3v) is 3.60. The van der Waals surface area contributed by atoms with Gasteiger partial charge in [-0.3, -0.25) is 9.59 Å². The number of rotatable bonds is 10. The van der Waals surface area contributed by atoms with E-state index in [1.165, 1.54) is 26.4 Å². The summed E-state index contributed by atoms with van der Waals surface area (Å²) < 4.78 is 4.80. The van der Waals surface area contributed by atoms with Gasteiger partial charge in [0.2, 0.25) is 0 Å². The van der Waals surface area contributed by atoms with Gasteiger partial charge in [0.05, 0.1) is 13.0 Å². The van der Waals surface area contributed by atoms with Crippen LogP contribution in [0.25, 0.3) is 0 Å². The second-order valence-corrected chi connectivity index (χ2v) is 5.40. The maximum absolute atomic E-state index is 12.2. The molecule has 0 aliphatic carbocycles. The molecule has 120 valence electrons. The summed E-state index contributed by atoms with van der Waals surface area (Å²) in [6.07, 6.45) is 9.67. The van der Waals surface area contributed by atoms with Crippen molar-refractivity contribution in [1.29, 1.82) is 0 Å². The molecule has 0 heterocycles. The highest BCUT2D eigenvalue weighted by molar-refractivity contribution is 5.98. The number of esters is 1. The topological polar surface area (TPSA) is 43.4 Å². The molecule has 0 aromatic heterocycles. The maximum atomic E-state index is 12.2. The number of hydrogen-bond donors (Lipinski definition) is 0. The number of Topliss-reactive ketones (excluding diaryl/α,β-unsaturated/α-hetero) is 1. The summed E-state index contributed by atoms with van der Waals surface area (Å²) in [5.74, 6) is -0.885. The third kappa shape index (κ3) is 6.70. The van der Waals surface area contributed by atoms with E-state index in [0.29, 0.717) is 5.56 Å². The van der Waals surface area contributed by atoms with Crippen LogP contribution in [-0.4, -0.2) is 18.9 Å². The molecule has 0 saturated carbocycles. The normalized spacial score (nSPS) is 12.3. The molecule has 0 radical (unpaired) electrons. The van der Waals surface area contributed by atoms with Gasteiger partial charge >= 0.3 is 5.97 Å². The predicted molar refractivity (Wildman–Crippen MR) is 88.8 cm³/mol. The molecule has 1 atom stereocenters. The van der Waals surface area contributed by atoms with Gasteiger partial charge < -0.3 is 4.74 Å². The summed E-state index contributed by atoms with van der Waals surface area (Å²) in [6.45, 7) is 2.18. The minimum Gasteiger partial charge on any atom is -0.469 e. The lowest BCUT2D eigenvalue weighted by molar-refractivity contribution is -0.143. The van der Waals surface area contributed by atoms with Crippen molar-refractivity contribution in [3.63, 3.8) is 0 Å². The van der Waals surface area contributed by atoms with Gasteiger partial charge in [0, 0.05) is 12.0 Å². The predicted octanol–water partition coefficient (Wildman–Crippen LogP) is 4.58. The number of unbranched alkanes of at least 4 members (excludes halogenated alkanes) is 4. The van der Waals surface area contributed by atoms with Crippen molar-refractivity contribution in [2.45, 2.75) is 45.4 Å². The van der Waals surface area contributed by atoms with E-state index in [9.17, 15) is 9.59 Å². The molecule has 0 aliphatic heterocycles. The number of methoxy groups -OCH3 is 1. The molecule has 0 unspecified atom stereocenters. The van der Waals surface area contributed by atoms with Crippen molar-refractivity contribution in [3.8, 4) is 0 Å². The molecule has 3 nitrogen and oxygen atoms in total. The van der Waals surface area contributed by atoms with Gasteiger partial charge in [-0.1, -0.05) is 68.7 Å². The van der Waals surface area contributed by atoms with Gasteiger partial charge in [-0.25, -0.2) is 0 Å². The Morgan fingerprint density at radius 1 is 1.14 bits per heavy atom. The molecule has 1 rings (SSSR count). The summed E-state index contributed by atoms with van der Waals surface area (Å²) in [4.78, 5) is 24.0. The first-order chi connectivity index (χ1) is 10.7. The Morgan fingerprint density at radius 3 is 2.50 bits per heavy atom. The van der Waals surface area contributed by atoms with Crippen molar-refractivity contribution in [2.24, 2.45) is 5.92 Å². The van der Waals surface area contributed by atoms with Crippen LogP contribution < -0.4 is 0 Å². The van der Waals surface area contributed by atoms with Crippen molar-refractivity contribution >= 4 is 11.8 Å². The van der Waals surface area contributed by atoms with Gasteiger partial charge in [-0.15, -0.1) is 0 Å². The molecule has 1 aromatic carbocycles. The molecule has 0 amide bonds. The first-order valence-corrected chi connectivity index (χ1v) is 8.01. The minimum absolute atomic E-state index is 0.0355. The summed E-state index contributed by atoms with van der Waals surface area (Å²) in [5.41, 5.74) is 0.632. The van der Waals surface area contributed by atoms with E-state index >= 15 is 0 Å². The summed E-state index contributed by atoms with van der Waals surface area (Å²) >= 11 is 0. The van der Waals surface area contributed by atoms with E-state index in [0.717, 1.165) is 12.8 Å². The SMILES string of the molecule is CCCCCC/C=C/[C@@H](CC(=O)c1ccccc1)C(=O)OC. The van der Waals surface area contributed by atoms with Crippen LogP contribution in [0.2, 0.25) is 0 Å². The van der Waals surface area contributed by atoms with Gasteiger partial charge in [-0.2, -0.15) is 0 Å². The molecule has 0 aliphatic rings. The first kappa shape index (κ1) is 18.1. The highest BCUT2D eigenvalue weighted by atomic mass is 16.5. The third-order valence-electron chi connectivity index (χ3n) is 3.60. The molecular weight excluding hydrogens is 276 g/mol. The fourth-order valence-electron chi connectivity index (χ4n) is 2.27. The Labute approximate surface area is 133 Å². The number of ether oxygens (including phenoxy) is 1. The fourth-order valence-corrected chi connectivity index (χ4v) is 2.27. The van der Waals surface area contributed by atoms with E-state index in [-0.39, 0.29) is 18.2 Å². The van der Waals surface area contributed by atoms with E-state index in [1.807, 2.05) is 30.4 Å². The second-order valence-electron chi connectivity index (χ2n) is 5.40. The number of carbonyl (C=O) groups excluding carboxylic acids is 2. The zero-order valence-electron chi connectivity index (χ0n) is 13.6. The molecule has 0 bridgehead atoms. The smallest absolute Gasteiger partial charge is 0.312 e. The highest BCUT2D eigenvalue weighted by Crippen LogP contribution is 2.14. The lowest BCUT2D eigenvalue weighted by atomic mass is 9.97. The quantitative estimate of drug-likeness (QED) is 0.275. The molecule has 0 fully saturated rings. The standard InChI is InChI=1S/C19H26O3/c1-3-4-5-6-7-9-14-17(19(21)22-2)15-18(20)16-12-10-8-11-13-16/h8-14,17H,3-7,15H2,1-2H3/b14-9+/t17-/m0/s1. The molecule has 1 aromatic rings. The van der Waals surface area contributed by atoms with Crippen LogP contribution in [0, 0.1) is 5.92 Å².